The first-order chi connectivity index (χ1) is 11.6. The highest BCUT2D eigenvalue weighted by atomic mass is 16.5. The molecule has 0 atom stereocenters. The number of anilines is 1. The van der Waals surface area contributed by atoms with E-state index in [0.717, 1.165) is 25.0 Å². The number of hydrogen-bond acceptors (Lipinski definition) is 3. The lowest BCUT2D eigenvalue weighted by atomic mass is 10.1. The van der Waals surface area contributed by atoms with Gasteiger partial charge in [0.1, 0.15) is 5.75 Å². The average Bonchev–Trinajstić information content (AvgIpc) is 2.59. The molecule has 0 aliphatic rings. The van der Waals surface area contributed by atoms with Gasteiger partial charge in [-0.25, -0.2) is 0 Å². The van der Waals surface area contributed by atoms with Gasteiger partial charge in [0.25, 0.3) is 5.91 Å². The fraction of sp³-hybridized carbons (Fsp3) is 0.300. The topological polar surface area (TPSA) is 55.4 Å². The van der Waals surface area contributed by atoms with Gasteiger partial charge in [0.15, 0.2) is 5.78 Å². The highest BCUT2D eigenvalue weighted by Crippen LogP contribution is 2.15. The first-order valence-corrected chi connectivity index (χ1v) is 8.25. The normalized spacial score (nSPS) is 10.2. The summed E-state index contributed by atoms with van der Waals surface area (Å²) in [7, 11) is 0. The number of carbonyl (C=O) groups is 2. The van der Waals surface area contributed by atoms with Crippen molar-refractivity contribution in [1.82, 2.24) is 0 Å². The Balaban J connectivity index is 1.91. The standard InChI is InChI=1S/C20H23NO3/c1-3-4-5-14-24-19-12-8-17(9-13-19)20(23)21-18-10-6-16(7-11-18)15(2)22/h6-13H,3-5,14H2,1-2H3,(H,21,23). The van der Waals surface area contributed by atoms with E-state index in [1.165, 1.54) is 6.92 Å². The molecular formula is C20H23NO3. The number of rotatable bonds is 8. The van der Waals surface area contributed by atoms with E-state index in [4.69, 9.17) is 4.74 Å². The number of Topliss-reactive ketones (excluding diaryl/α,β-unsaturated/α-hetero) is 1. The summed E-state index contributed by atoms with van der Waals surface area (Å²) < 4.78 is 5.63. The predicted molar refractivity (Wildman–Crippen MR) is 95.9 cm³/mol. The highest BCUT2D eigenvalue weighted by molar-refractivity contribution is 6.04. The molecule has 126 valence electrons. The van der Waals surface area contributed by atoms with Crippen LogP contribution < -0.4 is 10.1 Å². The van der Waals surface area contributed by atoms with Gasteiger partial charge in [-0.15, -0.1) is 0 Å². The molecule has 0 heterocycles. The zero-order valence-corrected chi connectivity index (χ0v) is 14.2. The summed E-state index contributed by atoms with van der Waals surface area (Å²) in [5.74, 6) is 0.582. The van der Waals surface area contributed by atoms with Crippen LogP contribution in [0.3, 0.4) is 0 Å². The van der Waals surface area contributed by atoms with Gasteiger partial charge in [-0.3, -0.25) is 9.59 Å². The summed E-state index contributed by atoms with van der Waals surface area (Å²) in [5.41, 5.74) is 1.84. The number of ether oxygens (including phenoxy) is 1. The van der Waals surface area contributed by atoms with Gasteiger partial charge in [-0.1, -0.05) is 19.8 Å². The zero-order valence-electron chi connectivity index (χ0n) is 14.2. The Bertz CT molecular complexity index is 675. The van der Waals surface area contributed by atoms with Crippen molar-refractivity contribution in [2.24, 2.45) is 0 Å². The number of ketones is 1. The Morgan fingerprint density at radius 1 is 0.917 bits per heavy atom. The highest BCUT2D eigenvalue weighted by Gasteiger charge is 2.07. The third kappa shape index (κ3) is 5.23. The number of amides is 1. The van der Waals surface area contributed by atoms with Crippen molar-refractivity contribution in [3.8, 4) is 5.75 Å². The second kappa shape index (κ2) is 8.87. The lowest BCUT2D eigenvalue weighted by molar-refractivity contribution is 0.101. The molecule has 0 unspecified atom stereocenters. The van der Waals surface area contributed by atoms with Crippen LogP contribution in [-0.2, 0) is 0 Å². The van der Waals surface area contributed by atoms with Crippen LogP contribution in [0, 0.1) is 0 Å². The Labute approximate surface area is 142 Å². The molecule has 2 aromatic carbocycles. The zero-order chi connectivity index (χ0) is 17.4. The van der Waals surface area contributed by atoms with E-state index in [0.29, 0.717) is 23.4 Å². The molecule has 0 aliphatic heterocycles. The lowest BCUT2D eigenvalue weighted by Gasteiger charge is -2.08. The third-order valence-electron chi connectivity index (χ3n) is 3.68. The van der Waals surface area contributed by atoms with Crippen molar-refractivity contribution >= 4 is 17.4 Å². The lowest BCUT2D eigenvalue weighted by Crippen LogP contribution is -2.11. The fourth-order valence-electron chi connectivity index (χ4n) is 2.24. The summed E-state index contributed by atoms with van der Waals surface area (Å²) in [5, 5.41) is 2.81. The third-order valence-corrected chi connectivity index (χ3v) is 3.68. The van der Waals surface area contributed by atoms with Gasteiger partial charge in [0, 0.05) is 16.8 Å². The van der Waals surface area contributed by atoms with Crippen LogP contribution in [0.25, 0.3) is 0 Å². The molecule has 1 N–H and O–H groups in total. The maximum atomic E-state index is 12.2. The van der Waals surface area contributed by atoms with E-state index in [9.17, 15) is 9.59 Å². The molecule has 0 bridgehead atoms. The minimum atomic E-state index is -0.192. The minimum Gasteiger partial charge on any atom is -0.494 e. The molecule has 4 nitrogen and oxygen atoms in total. The number of nitrogens with one attached hydrogen (secondary N) is 1. The molecular weight excluding hydrogens is 302 g/mol. The van der Waals surface area contributed by atoms with E-state index in [1.807, 2.05) is 0 Å². The van der Waals surface area contributed by atoms with Crippen molar-refractivity contribution < 1.29 is 14.3 Å². The van der Waals surface area contributed by atoms with Crippen molar-refractivity contribution in [2.75, 3.05) is 11.9 Å². The van der Waals surface area contributed by atoms with Crippen LogP contribution in [0.2, 0.25) is 0 Å². The molecule has 0 saturated carbocycles. The summed E-state index contributed by atoms with van der Waals surface area (Å²) in [6.07, 6.45) is 3.35. The fourth-order valence-corrected chi connectivity index (χ4v) is 2.24. The Morgan fingerprint density at radius 3 is 2.12 bits per heavy atom. The smallest absolute Gasteiger partial charge is 0.255 e. The van der Waals surface area contributed by atoms with E-state index < -0.39 is 0 Å². The number of carbonyl (C=O) groups excluding carboxylic acids is 2. The van der Waals surface area contributed by atoms with Gasteiger partial charge in [-0.2, -0.15) is 0 Å². The Kier molecular flexibility index (Phi) is 6.55. The van der Waals surface area contributed by atoms with Gasteiger partial charge in [0.05, 0.1) is 6.61 Å². The first kappa shape index (κ1) is 17.7. The molecule has 0 aliphatic carbocycles. The molecule has 24 heavy (non-hydrogen) atoms. The second-order valence-corrected chi connectivity index (χ2v) is 5.67. The van der Waals surface area contributed by atoms with E-state index in [1.54, 1.807) is 48.5 Å². The van der Waals surface area contributed by atoms with Crippen molar-refractivity contribution in [3.63, 3.8) is 0 Å². The number of hydrogen-bond donors (Lipinski definition) is 1. The molecule has 0 aromatic heterocycles. The summed E-state index contributed by atoms with van der Waals surface area (Å²) >= 11 is 0. The quantitative estimate of drug-likeness (QED) is 0.565. The van der Waals surface area contributed by atoms with E-state index in [2.05, 4.69) is 12.2 Å². The molecule has 0 spiro atoms. The number of unbranched alkanes of at least 4 members (excludes halogenated alkanes) is 2. The summed E-state index contributed by atoms with van der Waals surface area (Å²) in [6.45, 7) is 4.36. The van der Waals surface area contributed by atoms with Gasteiger partial charge >= 0.3 is 0 Å². The maximum Gasteiger partial charge on any atom is 0.255 e. The van der Waals surface area contributed by atoms with Crippen molar-refractivity contribution in [3.05, 3.63) is 59.7 Å². The predicted octanol–water partition coefficient (Wildman–Crippen LogP) is 4.71. The first-order valence-electron chi connectivity index (χ1n) is 8.25. The van der Waals surface area contributed by atoms with Crippen LogP contribution in [0.15, 0.2) is 48.5 Å². The van der Waals surface area contributed by atoms with Crippen molar-refractivity contribution in [1.29, 1.82) is 0 Å². The summed E-state index contributed by atoms with van der Waals surface area (Å²) in [6, 6.07) is 13.9. The van der Waals surface area contributed by atoms with Crippen LogP contribution in [0.1, 0.15) is 53.8 Å². The van der Waals surface area contributed by atoms with Gasteiger partial charge in [-0.05, 0) is 61.9 Å². The average molecular weight is 325 g/mol. The Morgan fingerprint density at radius 2 is 1.54 bits per heavy atom. The van der Waals surface area contributed by atoms with Crippen LogP contribution in [0.5, 0.6) is 5.75 Å². The SMILES string of the molecule is CCCCCOc1ccc(C(=O)Nc2ccc(C(C)=O)cc2)cc1. The van der Waals surface area contributed by atoms with Gasteiger partial charge < -0.3 is 10.1 Å². The van der Waals surface area contributed by atoms with Crippen LogP contribution in [-0.4, -0.2) is 18.3 Å². The molecule has 0 saturated heterocycles. The van der Waals surface area contributed by atoms with Gasteiger partial charge in [0.2, 0.25) is 0 Å². The second-order valence-electron chi connectivity index (χ2n) is 5.67. The molecule has 0 radical (unpaired) electrons. The summed E-state index contributed by atoms with van der Waals surface area (Å²) in [4.78, 5) is 23.5. The monoisotopic (exact) mass is 325 g/mol. The minimum absolute atomic E-state index is 0.00222. The Hall–Kier alpha value is -2.62. The molecule has 1 amide bonds. The molecule has 4 heteroatoms. The molecule has 0 fully saturated rings. The van der Waals surface area contributed by atoms with Crippen molar-refractivity contribution in [2.45, 2.75) is 33.1 Å². The largest absolute Gasteiger partial charge is 0.494 e. The van der Waals surface area contributed by atoms with Crippen LogP contribution >= 0.6 is 0 Å². The maximum absolute atomic E-state index is 12.2. The molecule has 2 rings (SSSR count). The van der Waals surface area contributed by atoms with Crippen LogP contribution in [0.4, 0.5) is 5.69 Å². The van der Waals surface area contributed by atoms with E-state index in [-0.39, 0.29) is 11.7 Å². The number of benzene rings is 2. The van der Waals surface area contributed by atoms with E-state index >= 15 is 0 Å². The molecule has 2 aromatic rings.